The van der Waals surface area contributed by atoms with Crippen LogP contribution in [-0.2, 0) is 6.42 Å². The minimum Gasteiger partial charge on any atom is -0.490 e. The van der Waals surface area contributed by atoms with E-state index in [1.807, 2.05) is 6.92 Å². The predicted octanol–water partition coefficient (Wildman–Crippen LogP) is 3.58. The molecular weight excluding hydrogens is 260 g/mol. The van der Waals surface area contributed by atoms with Crippen molar-refractivity contribution in [3.8, 4) is 11.5 Å². The lowest BCUT2D eigenvalue weighted by Crippen LogP contribution is -2.03. The molecular formula is C15H16O3S. The zero-order chi connectivity index (χ0) is 13.5. The normalized spacial score (nSPS) is 10.2. The van der Waals surface area contributed by atoms with Gasteiger partial charge < -0.3 is 9.47 Å². The van der Waals surface area contributed by atoms with Crippen molar-refractivity contribution in [1.29, 1.82) is 0 Å². The van der Waals surface area contributed by atoms with E-state index in [1.165, 1.54) is 5.56 Å². The van der Waals surface area contributed by atoms with Crippen LogP contribution in [0.15, 0.2) is 35.0 Å². The second kappa shape index (κ2) is 6.95. The minimum atomic E-state index is 0.545. The Kier molecular flexibility index (Phi) is 4.98. The van der Waals surface area contributed by atoms with E-state index in [9.17, 15) is 4.79 Å². The fourth-order valence-corrected chi connectivity index (χ4v) is 2.40. The topological polar surface area (TPSA) is 35.5 Å². The third-order valence-electron chi connectivity index (χ3n) is 2.63. The zero-order valence-electron chi connectivity index (χ0n) is 10.8. The van der Waals surface area contributed by atoms with Crippen LogP contribution in [0, 0.1) is 0 Å². The Morgan fingerprint density at radius 2 is 2.11 bits per heavy atom. The summed E-state index contributed by atoms with van der Waals surface area (Å²) >= 11 is 1.68. The first-order valence-electron chi connectivity index (χ1n) is 6.19. The predicted molar refractivity (Wildman–Crippen MR) is 76.5 cm³/mol. The first kappa shape index (κ1) is 13.6. The molecule has 1 aromatic heterocycles. The molecule has 4 heteroatoms. The molecule has 3 nitrogen and oxygen atoms in total. The van der Waals surface area contributed by atoms with Gasteiger partial charge in [-0.1, -0.05) is 0 Å². The van der Waals surface area contributed by atoms with Crippen LogP contribution in [0.25, 0.3) is 0 Å². The molecule has 2 rings (SSSR count). The van der Waals surface area contributed by atoms with Gasteiger partial charge in [-0.3, -0.25) is 4.79 Å². The summed E-state index contributed by atoms with van der Waals surface area (Å²) < 4.78 is 11.2. The maximum atomic E-state index is 10.7. The monoisotopic (exact) mass is 276 g/mol. The summed E-state index contributed by atoms with van der Waals surface area (Å²) in [6, 6.07) is 7.31. The van der Waals surface area contributed by atoms with Crippen LogP contribution >= 0.6 is 11.3 Å². The quantitative estimate of drug-likeness (QED) is 0.725. The molecule has 0 saturated heterocycles. The lowest BCUT2D eigenvalue weighted by atomic mass is 10.2. The van der Waals surface area contributed by atoms with Gasteiger partial charge in [0.05, 0.1) is 13.2 Å². The molecule has 1 heterocycles. The van der Waals surface area contributed by atoms with Crippen molar-refractivity contribution in [3.05, 3.63) is 46.2 Å². The Morgan fingerprint density at radius 3 is 2.79 bits per heavy atom. The molecule has 100 valence electrons. The average molecular weight is 276 g/mol. The van der Waals surface area contributed by atoms with E-state index in [0.29, 0.717) is 30.3 Å². The van der Waals surface area contributed by atoms with Gasteiger partial charge in [0.1, 0.15) is 6.29 Å². The fraction of sp³-hybridized carbons (Fsp3) is 0.267. The molecule has 0 saturated carbocycles. The maximum Gasteiger partial charge on any atom is 0.161 e. The van der Waals surface area contributed by atoms with Gasteiger partial charge in [0.2, 0.25) is 0 Å². The molecule has 0 fully saturated rings. The highest BCUT2D eigenvalue weighted by Gasteiger charge is 2.06. The molecule has 1 aromatic carbocycles. The SMILES string of the molecule is CCOc1cc(C=O)ccc1OCCc1ccsc1. The molecule has 2 aromatic rings. The van der Waals surface area contributed by atoms with Crippen LogP contribution < -0.4 is 9.47 Å². The van der Waals surface area contributed by atoms with Crippen molar-refractivity contribution in [2.75, 3.05) is 13.2 Å². The van der Waals surface area contributed by atoms with Crippen LogP contribution in [-0.4, -0.2) is 19.5 Å². The van der Waals surface area contributed by atoms with Gasteiger partial charge in [0.25, 0.3) is 0 Å². The molecule has 0 N–H and O–H groups in total. The van der Waals surface area contributed by atoms with E-state index in [1.54, 1.807) is 29.5 Å². The van der Waals surface area contributed by atoms with Crippen LogP contribution in [0.3, 0.4) is 0 Å². The largest absolute Gasteiger partial charge is 0.490 e. The van der Waals surface area contributed by atoms with Crippen molar-refractivity contribution in [3.63, 3.8) is 0 Å². The Hall–Kier alpha value is -1.81. The summed E-state index contributed by atoms with van der Waals surface area (Å²) in [6.45, 7) is 3.04. The number of hydrogen-bond donors (Lipinski definition) is 0. The Morgan fingerprint density at radius 1 is 1.21 bits per heavy atom. The Balaban J connectivity index is 2.00. The number of rotatable bonds is 7. The molecule has 0 unspecified atom stereocenters. The van der Waals surface area contributed by atoms with E-state index in [4.69, 9.17) is 9.47 Å². The van der Waals surface area contributed by atoms with Gasteiger partial charge in [-0.2, -0.15) is 11.3 Å². The summed E-state index contributed by atoms with van der Waals surface area (Å²) in [5.41, 5.74) is 1.86. The molecule has 0 aliphatic heterocycles. The third kappa shape index (κ3) is 3.83. The van der Waals surface area contributed by atoms with Crippen molar-refractivity contribution in [2.45, 2.75) is 13.3 Å². The maximum absolute atomic E-state index is 10.7. The summed E-state index contributed by atoms with van der Waals surface area (Å²) in [5.74, 6) is 1.31. The first-order valence-corrected chi connectivity index (χ1v) is 7.13. The molecule has 0 spiro atoms. The summed E-state index contributed by atoms with van der Waals surface area (Å²) in [5, 5.41) is 4.17. The van der Waals surface area contributed by atoms with E-state index in [2.05, 4.69) is 16.8 Å². The Labute approximate surface area is 116 Å². The standard InChI is InChI=1S/C15H16O3S/c1-2-17-15-9-13(10-16)3-4-14(15)18-7-5-12-6-8-19-11-12/h3-4,6,8-11H,2,5,7H2,1H3. The molecule has 19 heavy (non-hydrogen) atoms. The van der Waals surface area contributed by atoms with Gasteiger partial charge in [-0.25, -0.2) is 0 Å². The smallest absolute Gasteiger partial charge is 0.161 e. The summed E-state index contributed by atoms with van der Waals surface area (Å²) in [6.07, 6.45) is 1.67. The summed E-state index contributed by atoms with van der Waals surface area (Å²) in [4.78, 5) is 10.7. The van der Waals surface area contributed by atoms with Crippen molar-refractivity contribution >= 4 is 17.6 Å². The van der Waals surface area contributed by atoms with Gasteiger partial charge >= 0.3 is 0 Å². The van der Waals surface area contributed by atoms with Gasteiger partial charge in [-0.05, 0) is 47.5 Å². The summed E-state index contributed by atoms with van der Waals surface area (Å²) in [7, 11) is 0. The second-order valence-electron chi connectivity index (χ2n) is 3.99. The fourth-order valence-electron chi connectivity index (χ4n) is 1.70. The van der Waals surface area contributed by atoms with E-state index in [-0.39, 0.29) is 0 Å². The average Bonchev–Trinajstić information content (AvgIpc) is 2.94. The van der Waals surface area contributed by atoms with Gasteiger partial charge in [0.15, 0.2) is 11.5 Å². The highest BCUT2D eigenvalue weighted by molar-refractivity contribution is 7.07. The number of carbonyl (C=O) groups excluding carboxylic acids is 1. The molecule has 0 aliphatic rings. The number of thiophene rings is 1. The van der Waals surface area contributed by atoms with Crippen LogP contribution in [0.1, 0.15) is 22.8 Å². The van der Waals surface area contributed by atoms with E-state index < -0.39 is 0 Å². The van der Waals surface area contributed by atoms with Crippen molar-refractivity contribution < 1.29 is 14.3 Å². The lowest BCUT2D eigenvalue weighted by Gasteiger charge is -2.12. The number of carbonyl (C=O) groups is 1. The number of aldehydes is 1. The zero-order valence-corrected chi connectivity index (χ0v) is 11.6. The molecule has 0 atom stereocenters. The third-order valence-corrected chi connectivity index (χ3v) is 3.36. The van der Waals surface area contributed by atoms with Crippen molar-refractivity contribution in [2.24, 2.45) is 0 Å². The molecule has 0 bridgehead atoms. The van der Waals surface area contributed by atoms with Crippen LogP contribution in [0.5, 0.6) is 11.5 Å². The van der Waals surface area contributed by atoms with Crippen molar-refractivity contribution in [1.82, 2.24) is 0 Å². The van der Waals surface area contributed by atoms with Crippen LogP contribution in [0.4, 0.5) is 0 Å². The molecule has 0 radical (unpaired) electrons. The highest BCUT2D eigenvalue weighted by atomic mass is 32.1. The van der Waals surface area contributed by atoms with Crippen LogP contribution in [0.2, 0.25) is 0 Å². The highest BCUT2D eigenvalue weighted by Crippen LogP contribution is 2.28. The molecule has 0 amide bonds. The lowest BCUT2D eigenvalue weighted by molar-refractivity contribution is 0.112. The number of benzene rings is 1. The number of ether oxygens (including phenoxy) is 2. The van der Waals surface area contributed by atoms with E-state index in [0.717, 1.165) is 12.7 Å². The van der Waals surface area contributed by atoms with Gasteiger partial charge in [-0.15, -0.1) is 0 Å². The first-order chi connectivity index (χ1) is 9.33. The second-order valence-corrected chi connectivity index (χ2v) is 4.77. The van der Waals surface area contributed by atoms with E-state index >= 15 is 0 Å². The minimum absolute atomic E-state index is 0.545. The van der Waals surface area contributed by atoms with Gasteiger partial charge in [0, 0.05) is 12.0 Å². The Bertz CT molecular complexity index is 520. The number of hydrogen-bond acceptors (Lipinski definition) is 4. The molecule has 0 aliphatic carbocycles.